The molecule has 0 spiro atoms. The standard InChI is InChI=1S/C19H28N2O3S/c1-4-18(19(22)20-14-16-8-6-5-7-9-16)21(25(3,23)24)17-12-10-15(2)11-13-17/h8,10-13,18H,4-7,9,14H2,1-3H3,(H,20,22)/t18-/m0/s1. The average molecular weight is 365 g/mol. The zero-order valence-electron chi connectivity index (χ0n) is 15.3. The maximum absolute atomic E-state index is 12.7. The smallest absolute Gasteiger partial charge is 0.244 e. The quantitative estimate of drug-likeness (QED) is 0.756. The largest absolute Gasteiger partial charge is 0.351 e. The number of hydrogen-bond donors (Lipinski definition) is 1. The molecule has 0 radical (unpaired) electrons. The highest BCUT2D eigenvalue weighted by atomic mass is 32.2. The molecule has 0 fully saturated rings. The van der Waals surface area contributed by atoms with Gasteiger partial charge in [-0.15, -0.1) is 0 Å². The molecule has 138 valence electrons. The summed E-state index contributed by atoms with van der Waals surface area (Å²) in [5, 5.41) is 2.92. The third-order valence-corrected chi connectivity index (χ3v) is 5.67. The summed E-state index contributed by atoms with van der Waals surface area (Å²) in [5.74, 6) is -0.250. The minimum absolute atomic E-state index is 0.250. The first-order chi connectivity index (χ1) is 11.8. The molecular formula is C19H28N2O3S. The third kappa shape index (κ3) is 5.33. The molecule has 1 N–H and O–H groups in total. The van der Waals surface area contributed by atoms with E-state index in [1.165, 1.54) is 16.3 Å². The van der Waals surface area contributed by atoms with Gasteiger partial charge >= 0.3 is 0 Å². The van der Waals surface area contributed by atoms with Crippen LogP contribution >= 0.6 is 0 Å². The summed E-state index contributed by atoms with van der Waals surface area (Å²) in [4.78, 5) is 12.7. The van der Waals surface area contributed by atoms with E-state index in [0.29, 0.717) is 18.7 Å². The number of carbonyl (C=O) groups is 1. The fourth-order valence-electron chi connectivity index (χ4n) is 3.14. The Morgan fingerprint density at radius 1 is 1.24 bits per heavy atom. The SMILES string of the molecule is CC[C@@H](C(=O)NCC1=CCCCC1)N(c1ccc(C)cc1)S(C)(=O)=O. The van der Waals surface area contributed by atoms with Crippen LogP contribution in [-0.4, -0.2) is 33.2 Å². The van der Waals surface area contributed by atoms with Gasteiger partial charge in [0.1, 0.15) is 6.04 Å². The molecule has 1 aromatic rings. The summed E-state index contributed by atoms with van der Waals surface area (Å²) >= 11 is 0. The van der Waals surface area contributed by atoms with Gasteiger partial charge in [-0.2, -0.15) is 0 Å². The highest BCUT2D eigenvalue weighted by Crippen LogP contribution is 2.23. The van der Waals surface area contributed by atoms with Crippen LogP contribution in [0.25, 0.3) is 0 Å². The number of hydrogen-bond acceptors (Lipinski definition) is 3. The zero-order valence-corrected chi connectivity index (χ0v) is 16.1. The number of sulfonamides is 1. The summed E-state index contributed by atoms with van der Waals surface area (Å²) in [6.07, 6.45) is 8.14. The number of amides is 1. The van der Waals surface area contributed by atoms with Crippen molar-refractivity contribution in [3.63, 3.8) is 0 Å². The molecule has 1 aliphatic rings. The van der Waals surface area contributed by atoms with Crippen molar-refractivity contribution in [2.24, 2.45) is 0 Å². The van der Waals surface area contributed by atoms with Crippen LogP contribution in [0.3, 0.4) is 0 Å². The summed E-state index contributed by atoms with van der Waals surface area (Å²) < 4.78 is 26.0. The molecular weight excluding hydrogens is 336 g/mol. The first-order valence-corrected chi connectivity index (χ1v) is 10.7. The Bertz CT molecular complexity index is 724. The molecule has 1 amide bonds. The predicted octanol–water partition coefficient (Wildman–Crippen LogP) is 3.16. The number of rotatable bonds is 7. The number of nitrogens with zero attached hydrogens (tertiary/aromatic N) is 1. The predicted molar refractivity (Wildman–Crippen MR) is 102 cm³/mol. The summed E-state index contributed by atoms with van der Waals surface area (Å²) in [5.41, 5.74) is 2.79. The average Bonchev–Trinajstić information content (AvgIpc) is 2.58. The Balaban J connectivity index is 2.19. The van der Waals surface area contributed by atoms with Gasteiger partial charge in [0.15, 0.2) is 0 Å². The molecule has 0 aromatic heterocycles. The summed E-state index contributed by atoms with van der Waals surface area (Å²) in [6.45, 7) is 4.27. The van der Waals surface area contributed by atoms with Gasteiger partial charge in [0.05, 0.1) is 11.9 Å². The van der Waals surface area contributed by atoms with Gasteiger partial charge in [-0.25, -0.2) is 8.42 Å². The van der Waals surface area contributed by atoms with Crippen molar-refractivity contribution in [1.82, 2.24) is 5.32 Å². The molecule has 2 rings (SSSR count). The van der Waals surface area contributed by atoms with Gasteiger partial charge in [0, 0.05) is 6.54 Å². The highest BCUT2D eigenvalue weighted by Gasteiger charge is 2.31. The van der Waals surface area contributed by atoms with E-state index in [2.05, 4.69) is 11.4 Å². The van der Waals surface area contributed by atoms with Crippen molar-refractivity contribution in [2.45, 2.75) is 52.0 Å². The van der Waals surface area contributed by atoms with Crippen molar-refractivity contribution in [3.05, 3.63) is 41.5 Å². The molecule has 0 bridgehead atoms. The molecule has 1 aliphatic carbocycles. The van der Waals surface area contributed by atoms with Gasteiger partial charge < -0.3 is 5.32 Å². The van der Waals surface area contributed by atoms with Gasteiger partial charge in [-0.3, -0.25) is 9.10 Å². The molecule has 0 unspecified atom stereocenters. The number of benzene rings is 1. The van der Waals surface area contributed by atoms with Gasteiger partial charge in [0.2, 0.25) is 15.9 Å². The lowest BCUT2D eigenvalue weighted by molar-refractivity contribution is -0.122. The highest BCUT2D eigenvalue weighted by molar-refractivity contribution is 7.92. The van der Waals surface area contributed by atoms with Crippen molar-refractivity contribution >= 4 is 21.6 Å². The van der Waals surface area contributed by atoms with Crippen LogP contribution in [0.4, 0.5) is 5.69 Å². The number of allylic oxidation sites excluding steroid dienone is 1. The molecule has 0 saturated carbocycles. The molecule has 0 saturated heterocycles. The number of anilines is 1. The van der Waals surface area contributed by atoms with E-state index in [1.807, 2.05) is 26.0 Å². The fourth-order valence-corrected chi connectivity index (χ4v) is 4.35. The van der Waals surface area contributed by atoms with E-state index >= 15 is 0 Å². The van der Waals surface area contributed by atoms with Crippen molar-refractivity contribution in [2.75, 3.05) is 17.1 Å². The normalized spacial score (nSPS) is 16.0. The Morgan fingerprint density at radius 3 is 2.44 bits per heavy atom. The van der Waals surface area contributed by atoms with Gasteiger partial charge in [-0.1, -0.05) is 36.3 Å². The Labute approximate surface area is 151 Å². The molecule has 25 heavy (non-hydrogen) atoms. The zero-order chi connectivity index (χ0) is 18.4. The van der Waals surface area contributed by atoms with E-state index in [9.17, 15) is 13.2 Å². The topological polar surface area (TPSA) is 66.5 Å². The minimum atomic E-state index is -3.57. The molecule has 6 heteroatoms. The molecule has 1 atom stereocenters. The summed E-state index contributed by atoms with van der Waals surface area (Å²) in [7, 11) is -3.57. The van der Waals surface area contributed by atoms with E-state index in [-0.39, 0.29) is 5.91 Å². The lowest BCUT2D eigenvalue weighted by atomic mass is 9.99. The molecule has 5 nitrogen and oxygen atoms in total. The van der Waals surface area contributed by atoms with E-state index in [4.69, 9.17) is 0 Å². The van der Waals surface area contributed by atoms with Crippen LogP contribution in [0, 0.1) is 6.92 Å². The Hall–Kier alpha value is -1.82. The first kappa shape index (κ1) is 19.5. The van der Waals surface area contributed by atoms with Crippen molar-refractivity contribution < 1.29 is 13.2 Å². The van der Waals surface area contributed by atoms with Crippen LogP contribution in [0.1, 0.15) is 44.6 Å². The third-order valence-electron chi connectivity index (χ3n) is 4.49. The maximum Gasteiger partial charge on any atom is 0.244 e. The Morgan fingerprint density at radius 2 is 1.92 bits per heavy atom. The second-order valence-electron chi connectivity index (χ2n) is 6.64. The fraction of sp³-hybridized carbons (Fsp3) is 0.526. The van der Waals surface area contributed by atoms with E-state index < -0.39 is 16.1 Å². The van der Waals surface area contributed by atoms with Crippen molar-refractivity contribution in [3.8, 4) is 0 Å². The van der Waals surface area contributed by atoms with Crippen LogP contribution in [-0.2, 0) is 14.8 Å². The Kier molecular flexibility index (Phi) is 6.64. The second kappa shape index (κ2) is 8.52. The monoisotopic (exact) mass is 364 g/mol. The van der Waals surface area contributed by atoms with Crippen LogP contribution in [0.15, 0.2) is 35.9 Å². The lowest BCUT2D eigenvalue weighted by Crippen LogP contribution is -2.49. The van der Waals surface area contributed by atoms with Gasteiger partial charge in [-0.05, 0) is 51.2 Å². The van der Waals surface area contributed by atoms with Crippen LogP contribution < -0.4 is 9.62 Å². The molecule has 0 heterocycles. The van der Waals surface area contributed by atoms with E-state index in [0.717, 1.165) is 31.1 Å². The number of nitrogens with one attached hydrogen (secondary N) is 1. The molecule has 0 aliphatic heterocycles. The first-order valence-electron chi connectivity index (χ1n) is 8.84. The summed E-state index contributed by atoms with van der Waals surface area (Å²) in [6, 6.07) is 6.45. The van der Waals surface area contributed by atoms with Gasteiger partial charge in [0.25, 0.3) is 0 Å². The number of carbonyl (C=O) groups excluding carboxylic acids is 1. The van der Waals surface area contributed by atoms with E-state index in [1.54, 1.807) is 12.1 Å². The maximum atomic E-state index is 12.7. The lowest BCUT2D eigenvalue weighted by Gasteiger charge is -2.30. The minimum Gasteiger partial charge on any atom is -0.351 e. The van der Waals surface area contributed by atoms with Crippen LogP contribution in [0.2, 0.25) is 0 Å². The second-order valence-corrected chi connectivity index (χ2v) is 8.50. The number of aryl methyl sites for hydroxylation is 1. The van der Waals surface area contributed by atoms with Crippen LogP contribution in [0.5, 0.6) is 0 Å². The molecule has 1 aromatic carbocycles. The van der Waals surface area contributed by atoms with Crippen molar-refractivity contribution in [1.29, 1.82) is 0 Å².